The summed E-state index contributed by atoms with van der Waals surface area (Å²) in [7, 11) is 0. The zero-order chi connectivity index (χ0) is 52.2. The summed E-state index contributed by atoms with van der Waals surface area (Å²) in [5, 5.41) is 54.2. The summed E-state index contributed by atoms with van der Waals surface area (Å²) in [4.78, 5) is 13.0. The highest BCUT2D eigenvalue weighted by atomic mass is 16.7. The molecule has 6 N–H and O–H groups in total. The number of hydrogen-bond donors (Lipinski definition) is 6. The normalized spacial score (nSPS) is 20.2. The van der Waals surface area contributed by atoms with E-state index in [1.54, 1.807) is 6.08 Å². The van der Waals surface area contributed by atoms with Gasteiger partial charge in [-0.25, -0.2) is 0 Å². The summed E-state index contributed by atoms with van der Waals surface area (Å²) in [6.07, 6.45) is 71.2. The molecule has 0 bridgehead atoms. The molecule has 1 fully saturated rings. The van der Waals surface area contributed by atoms with Crippen LogP contribution >= 0.6 is 0 Å². The summed E-state index contributed by atoms with van der Waals surface area (Å²) in [5.41, 5.74) is 0. The molecule has 9 nitrogen and oxygen atoms in total. The Bertz CT molecular complexity index is 1580. The van der Waals surface area contributed by atoms with E-state index in [1.165, 1.54) is 77.0 Å². The lowest BCUT2D eigenvalue weighted by molar-refractivity contribution is -0.302. The molecule has 1 aliphatic rings. The fraction of sp³-hybridized carbons (Fsp3) is 0.635. The van der Waals surface area contributed by atoms with E-state index in [-0.39, 0.29) is 12.5 Å². The Morgan fingerprint density at radius 3 is 1.28 bits per heavy atom. The first-order valence-electron chi connectivity index (χ1n) is 28.4. The maximum Gasteiger partial charge on any atom is 0.220 e. The van der Waals surface area contributed by atoms with Crippen molar-refractivity contribution in [3.63, 3.8) is 0 Å². The highest BCUT2D eigenvalue weighted by Gasteiger charge is 2.44. The number of aliphatic hydroxyl groups is 5. The minimum Gasteiger partial charge on any atom is -0.394 e. The first-order chi connectivity index (χ1) is 35.3. The van der Waals surface area contributed by atoms with Gasteiger partial charge in [0.15, 0.2) is 6.29 Å². The van der Waals surface area contributed by atoms with Gasteiger partial charge < -0.3 is 40.3 Å². The van der Waals surface area contributed by atoms with E-state index >= 15 is 0 Å². The van der Waals surface area contributed by atoms with E-state index in [2.05, 4.69) is 141 Å². The Morgan fingerprint density at radius 1 is 0.472 bits per heavy atom. The van der Waals surface area contributed by atoms with Crippen LogP contribution < -0.4 is 5.32 Å². The maximum atomic E-state index is 13.0. The molecule has 1 saturated heterocycles. The van der Waals surface area contributed by atoms with Crippen LogP contribution in [0, 0.1) is 0 Å². The van der Waals surface area contributed by atoms with E-state index in [1.807, 2.05) is 6.08 Å². The Balaban J connectivity index is 2.10. The molecule has 1 amide bonds. The van der Waals surface area contributed by atoms with Crippen LogP contribution in [0.1, 0.15) is 200 Å². The zero-order valence-corrected chi connectivity index (χ0v) is 45.1. The summed E-state index contributed by atoms with van der Waals surface area (Å²) >= 11 is 0. The molecular formula is C63H103NO8. The molecule has 1 heterocycles. The lowest BCUT2D eigenvalue weighted by Crippen LogP contribution is -2.60. The van der Waals surface area contributed by atoms with E-state index in [4.69, 9.17) is 9.47 Å². The molecule has 0 saturated carbocycles. The lowest BCUT2D eigenvalue weighted by Gasteiger charge is -2.40. The second-order valence-corrected chi connectivity index (χ2v) is 18.9. The van der Waals surface area contributed by atoms with Gasteiger partial charge in [-0.3, -0.25) is 4.79 Å². The average molecular weight is 1000 g/mol. The minimum atomic E-state index is -1.58. The standard InChI is InChI=1S/C63H103NO8/c1-3-5-7-9-11-13-15-16-17-18-19-20-21-22-23-24-25-26-27-28-29-30-31-32-33-34-35-36-37-38-39-40-41-42-43-45-47-49-51-53-59(67)64-56(55-71-63-62(70)61(69)60(68)58(54-65)72-63)57(66)52-50-48-46-44-14-12-10-8-6-4-2/h5-8,11,13-14,16-17,19-20,22-23,25-26,28-29,31-32,44,50,52,56-58,60-63,65-66,68-70H,3-4,9-10,12,15,18,21,24,27,30,33-43,45-49,51,53-55H2,1-2H3,(H,64,67)/b7-5-,8-6+,13-11-,17-16-,20-19-,23-22-,26-25-,29-28-,32-31-,44-14+,52-50+. The van der Waals surface area contributed by atoms with Gasteiger partial charge in [-0.05, 0) is 103 Å². The maximum absolute atomic E-state index is 13.0. The van der Waals surface area contributed by atoms with Crippen LogP contribution in [-0.4, -0.2) is 87.5 Å². The zero-order valence-electron chi connectivity index (χ0n) is 45.1. The number of ether oxygens (including phenoxy) is 2. The summed E-state index contributed by atoms with van der Waals surface area (Å²) in [6, 6.07) is -0.834. The number of amides is 1. The first-order valence-corrected chi connectivity index (χ1v) is 28.4. The molecule has 0 aromatic heterocycles. The number of carbonyl (C=O) groups is 1. The number of unbranched alkanes of at least 4 members (excludes halogenated alkanes) is 16. The summed E-state index contributed by atoms with van der Waals surface area (Å²) in [5.74, 6) is -0.200. The van der Waals surface area contributed by atoms with Gasteiger partial charge >= 0.3 is 0 Å². The van der Waals surface area contributed by atoms with Gasteiger partial charge in [-0.1, -0.05) is 225 Å². The van der Waals surface area contributed by atoms with Gasteiger partial charge in [0.1, 0.15) is 24.4 Å². The predicted octanol–water partition coefficient (Wildman–Crippen LogP) is 14.1. The Morgan fingerprint density at radius 2 is 0.833 bits per heavy atom. The molecule has 1 aliphatic heterocycles. The van der Waals surface area contributed by atoms with Gasteiger partial charge in [-0.15, -0.1) is 0 Å². The minimum absolute atomic E-state index is 0.200. The highest BCUT2D eigenvalue weighted by molar-refractivity contribution is 5.76. The van der Waals surface area contributed by atoms with Crippen LogP contribution in [0.3, 0.4) is 0 Å². The van der Waals surface area contributed by atoms with Gasteiger partial charge in [-0.2, -0.15) is 0 Å². The number of carbonyl (C=O) groups excluding carboxylic acids is 1. The summed E-state index contributed by atoms with van der Waals surface area (Å²) < 4.78 is 11.2. The second kappa shape index (κ2) is 50.8. The third-order valence-electron chi connectivity index (χ3n) is 12.4. The molecule has 0 spiro atoms. The van der Waals surface area contributed by atoms with Crippen molar-refractivity contribution >= 4 is 5.91 Å². The predicted molar refractivity (Wildman–Crippen MR) is 303 cm³/mol. The van der Waals surface area contributed by atoms with E-state index in [9.17, 15) is 30.3 Å². The Kier molecular flexibility index (Phi) is 46.9. The molecule has 0 aromatic carbocycles. The monoisotopic (exact) mass is 1000 g/mol. The third kappa shape index (κ3) is 39.8. The fourth-order valence-electron chi connectivity index (χ4n) is 8.03. The van der Waals surface area contributed by atoms with Crippen LogP contribution in [0.2, 0.25) is 0 Å². The molecule has 0 aliphatic carbocycles. The first kappa shape index (κ1) is 66.3. The fourth-order valence-corrected chi connectivity index (χ4v) is 8.03. The van der Waals surface area contributed by atoms with Gasteiger partial charge in [0.05, 0.1) is 25.4 Å². The molecule has 0 aromatic rings. The smallest absolute Gasteiger partial charge is 0.220 e. The van der Waals surface area contributed by atoms with Crippen LogP contribution in [0.4, 0.5) is 0 Å². The number of allylic oxidation sites excluding steroid dienone is 21. The van der Waals surface area contributed by atoms with Crippen LogP contribution in [0.15, 0.2) is 134 Å². The number of rotatable bonds is 46. The van der Waals surface area contributed by atoms with Gasteiger partial charge in [0, 0.05) is 6.42 Å². The number of hydrogen-bond acceptors (Lipinski definition) is 8. The van der Waals surface area contributed by atoms with Crippen molar-refractivity contribution < 1.29 is 39.8 Å². The van der Waals surface area contributed by atoms with Gasteiger partial charge in [0.2, 0.25) is 5.91 Å². The van der Waals surface area contributed by atoms with Crippen molar-refractivity contribution in [2.24, 2.45) is 0 Å². The SMILES string of the molecule is CC/C=C\C/C=C\C/C=C\C/C=C\C/C=C\C/C=C\C/C=C\C/C=C\CCCCCCCCCCCCCCCCC(=O)NC(COC1OC(CO)C(O)C(O)C1O)C(O)/C=C/CC/C=C/CC/C=C/CC. The van der Waals surface area contributed by atoms with Crippen molar-refractivity contribution in [1.29, 1.82) is 0 Å². The molecular weight excluding hydrogens is 899 g/mol. The summed E-state index contributed by atoms with van der Waals surface area (Å²) in [6.45, 7) is 3.49. The molecule has 0 radical (unpaired) electrons. The average Bonchev–Trinajstić information content (AvgIpc) is 3.38. The van der Waals surface area contributed by atoms with Crippen molar-refractivity contribution in [2.45, 2.75) is 243 Å². The number of nitrogens with one attached hydrogen (secondary N) is 1. The molecule has 1 rings (SSSR count). The molecule has 408 valence electrons. The highest BCUT2D eigenvalue weighted by Crippen LogP contribution is 2.23. The van der Waals surface area contributed by atoms with Gasteiger partial charge in [0.25, 0.3) is 0 Å². The quantitative estimate of drug-likeness (QED) is 0.0261. The molecule has 9 heteroatoms. The number of aliphatic hydroxyl groups excluding tert-OH is 5. The third-order valence-corrected chi connectivity index (χ3v) is 12.4. The molecule has 72 heavy (non-hydrogen) atoms. The van der Waals surface area contributed by atoms with E-state index in [0.717, 1.165) is 103 Å². The topological polar surface area (TPSA) is 149 Å². The van der Waals surface area contributed by atoms with E-state index < -0.39 is 49.5 Å². The van der Waals surface area contributed by atoms with Crippen molar-refractivity contribution in [3.05, 3.63) is 134 Å². The Labute approximate surface area is 439 Å². The molecule has 7 unspecified atom stereocenters. The van der Waals surface area contributed by atoms with E-state index in [0.29, 0.717) is 6.42 Å². The van der Waals surface area contributed by atoms with Crippen molar-refractivity contribution in [1.82, 2.24) is 5.32 Å². The second-order valence-electron chi connectivity index (χ2n) is 18.9. The largest absolute Gasteiger partial charge is 0.394 e. The van der Waals surface area contributed by atoms with Crippen LogP contribution in [0.5, 0.6) is 0 Å². The lowest BCUT2D eigenvalue weighted by atomic mass is 9.99. The van der Waals surface area contributed by atoms with Crippen molar-refractivity contribution in [3.8, 4) is 0 Å². The molecule has 7 atom stereocenters. The van der Waals surface area contributed by atoms with Crippen LogP contribution in [0.25, 0.3) is 0 Å². The van der Waals surface area contributed by atoms with Crippen LogP contribution in [-0.2, 0) is 14.3 Å². The Hall–Kier alpha value is -3.67. The van der Waals surface area contributed by atoms with Crippen molar-refractivity contribution in [2.75, 3.05) is 13.2 Å².